The number of hydrogen-bond donors (Lipinski definition) is 1. The average Bonchev–Trinajstić information content (AvgIpc) is 2.53. The van der Waals surface area contributed by atoms with Crippen molar-refractivity contribution in [2.75, 3.05) is 7.11 Å². The highest BCUT2D eigenvalue weighted by Crippen LogP contribution is 2.22. The fraction of sp³-hybridized carbons (Fsp3) is 0.133. The molecule has 0 heterocycles. The summed E-state index contributed by atoms with van der Waals surface area (Å²) in [5.74, 6) is 0.296. The van der Waals surface area contributed by atoms with Gasteiger partial charge in [-0.05, 0) is 29.8 Å². The topological polar surface area (TPSA) is 79.2 Å². The lowest BCUT2D eigenvalue weighted by Crippen LogP contribution is -2.23. The number of sulfonamides is 1. The van der Waals surface area contributed by atoms with Gasteiger partial charge in [-0.1, -0.05) is 24.3 Å². The molecular weight excluding hydrogens is 288 g/mol. The largest absolute Gasteiger partial charge is 0.495 e. The predicted molar refractivity (Wildman–Crippen MR) is 78.2 cm³/mol. The number of benzene rings is 2. The number of nitrogens with one attached hydrogen (secondary N) is 1. The van der Waals surface area contributed by atoms with Crippen LogP contribution in [0.5, 0.6) is 5.75 Å². The summed E-state index contributed by atoms with van der Waals surface area (Å²) >= 11 is 0. The minimum atomic E-state index is -3.66. The molecule has 0 saturated carbocycles. The summed E-state index contributed by atoms with van der Waals surface area (Å²) in [5, 5.41) is 8.72. The van der Waals surface area contributed by atoms with E-state index >= 15 is 0 Å². The van der Waals surface area contributed by atoms with E-state index in [0.717, 1.165) is 5.56 Å². The van der Waals surface area contributed by atoms with E-state index in [1.807, 2.05) is 6.07 Å². The van der Waals surface area contributed by atoms with Gasteiger partial charge in [0.1, 0.15) is 10.6 Å². The van der Waals surface area contributed by atoms with Crippen LogP contribution in [-0.2, 0) is 16.6 Å². The van der Waals surface area contributed by atoms with Crippen LogP contribution in [0.4, 0.5) is 0 Å². The Morgan fingerprint density at radius 3 is 2.43 bits per heavy atom. The van der Waals surface area contributed by atoms with Crippen LogP contribution in [-0.4, -0.2) is 15.5 Å². The van der Waals surface area contributed by atoms with Crippen LogP contribution in [0.1, 0.15) is 11.1 Å². The molecule has 0 fully saturated rings. The zero-order chi connectivity index (χ0) is 15.3. The fourth-order valence-corrected chi connectivity index (χ4v) is 2.98. The Morgan fingerprint density at radius 1 is 1.14 bits per heavy atom. The van der Waals surface area contributed by atoms with E-state index in [0.29, 0.717) is 11.3 Å². The molecule has 0 spiro atoms. The fourth-order valence-electron chi connectivity index (χ4n) is 1.79. The Labute approximate surface area is 123 Å². The van der Waals surface area contributed by atoms with E-state index in [1.54, 1.807) is 42.5 Å². The second-order valence-electron chi connectivity index (χ2n) is 4.28. The number of nitriles is 1. The van der Waals surface area contributed by atoms with Gasteiger partial charge >= 0.3 is 0 Å². The van der Waals surface area contributed by atoms with Gasteiger partial charge in [0.25, 0.3) is 0 Å². The monoisotopic (exact) mass is 302 g/mol. The van der Waals surface area contributed by atoms with E-state index in [2.05, 4.69) is 4.72 Å². The summed E-state index contributed by atoms with van der Waals surface area (Å²) in [6.07, 6.45) is 0. The summed E-state index contributed by atoms with van der Waals surface area (Å²) in [6, 6.07) is 15.2. The first kappa shape index (κ1) is 15.0. The van der Waals surface area contributed by atoms with Crippen LogP contribution >= 0.6 is 0 Å². The smallest absolute Gasteiger partial charge is 0.244 e. The number of rotatable bonds is 5. The predicted octanol–water partition coefficient (Wildman–Crippen LogP) is 2.05. The van der Waals surface area contributed by atoms with E-state index in [-0.39, 0.29) is 11.4 Å². The molecule has 6 heteroatoms. The maximum atomic E-state index is 12.3. The van der Waals surface area contributed by atoms with Crippen molar-refractivity contribution in [2.24, 2.45) is 0 Å². The van der Waals surface area contributed by atoms with Crippen LogP contribution in [0.25, 0.3) is 0 Å². The van der Waals surface area contributed by atoms with Crippen molar-refractivity contribution in [1.82, 2.24) is 4.72 Å². The highest BCUT2D eigenvalue weighted by molar-refractivity contribution is 7.89. The minimum absolute atomic E-state index is 0.0983. The molecule has 0 saturated heterocycles. The summed E-state index contributed by atoms with van der Waals surface area (Å²) in [4.78, 5) is 0.0983. The molecule has 0 radical (unpaired) electrons. The third kappa shape index (κ3) is 3.60. The number of methoxy groups -OCH3 is 1. The van der Waals surface area contributed by atoms with Crippen molar-refractivity contribution >= 4 is 10.0 Å². The third-order valence-corrected chi connectivity index (χ3v) is 4.35. The molecule has 0 aliphatic heterocycles. The molecule has 0 bridgehead atoms. The maximum absolute atomic E-state index is 12.3. The Kier molecular flexibility index (Phi) is 4.58. The van der Waals surface area contributed by atoms with Crippen molar-refractivity contribution in [3.63, 3.8) is 0 Å². The van der Waals surface area contributed by atoms with Gasteiger partial charge in [-0.25, -0.2) is 13.1 Å². The third-order valence-electron chi connectivity index (χ3n) is 2.91. The Hall–Kier alpha value is -2.36. The number of ether oxygens (including phenoxy) is 1. The number of hydrogen-bond acceptors (Lipinski definition) is 4. The quantitative estimate of drug-likeness (QED) is 0.916. The van der Waals surface area contributed by atoms with Gasteiger partial charge in [0, 0.05) is 6.54 Å². The van der Waals surface area contributed by atoms with Crippen LogP contribution in [0, 0.1) is 11.3 Å². The van der Waals surface area contributed by atoms with Crippen molar-refractivity contribution < 1.29 is 13.2 Å². The number of para-hydroxylation sites is 1. The van der Waals surface area contributed by atoms with Gasteiger partial charge in [-0.2, -0.15) is 5.26 Å². The first-order valence-electron chi connectivity index (χ1n) is 6.18. The molecule has 0 atom stereocenters. The minimum Gasteiger partial charge on any atom is -0.495 e. The number of nitrogens with zero attached hydrogens (tertiary/aromatic N) is 1. The molecule has 0 amide bonds. The van der Waals surface area contributed by atoms with Crippen LogP contribution in [0.2, 0.25) is 0 Å². The van der Waals surface area contributed by atoms with E-state index in [1.165, 1.54) is 13.2 Å². The van der Waals surface area contributed by atoms with Crippen molar-refractivity contribution in [1.29, 1.82) is 5.26 Å². The second kappa shape index (κ2) is 6.39. The Balaban J connectivity index is 2.16. The van der Waals surface area contributed by atoms with E-state index < -0.39 is 10.0 Å². The molecule has 2 rings (SSSR count). The zero-order valence-electron chi connectivity index (χ0n) is 11.4. The normalized spacial score (nSPS) is 10.9. The van der Waals surface area contributed by atoms with Gasteiger partial charge < -0.3 is 4.74 Å². The second-order valence-corrected chi connectivity index (χ2v) is 6.02. The van der Waals surface area contributed by atoms with Crippen LogP contribution in [0.3, 0.4) is 0 Å². The average molecular weight is 302 g/mol. The molecule has 2 aromatic carbocycles. The molecule has 108 valence electrons. The van der Waals surface area contributed by atoms with Crippen molar-refractivity contribution in [3.8, 4) is 11.8 Å². The molecule has 21 heavy (non-hydrogen) atoms. The van der Waals surface area contributed by atoms with Crippen LogP contribution < -0.4 is 9.46 Å². The molecule has 0 aliphatic carbocycles. The lowest BCUT2D eigenvalue weighted by molar-refractivity contribution is 0.402. The lowest BCUT2D eigenvalue weighted by atomic mass is 10.1. The molecule has 2 aromatic rings. The van der Waals surface area contributed by atoms with Crippen molar-refractivity contribution in [3.05, 3.63) is 59.7 Å². The van der Waals surface area contributed by atoms with Gasteiger partial charge in [0.15, 0.2) is 0 Å². The summed E-state index contributed by atoms with van der Waals surface area (Å²) < 4.78 is 32.1. The van der Waals surface area contributed by atoms with Gasteiger partial charge in [-0.15, -0.1) is 0 Å². The lowest BCUT2D eigenvalue weighted by Gasteiger charge is -2.10. The Bertz CT molecular complexity index is 762. The molecular formula is C15H14N2O3S. The SMILES string of the molecule is COc1ccccc1S(=O)(=O)NCc1ccc(C#N)cc1. The van der Waals surface area contributed by atoms with Gasteiger partial charge in [0.2, 0.25) is 10.0 Å². The maximum Gasteiger partial charge on any atom is 0.244 e. The van der Waals surface area contributed by atoms with E-state index in [9.17, 15) is 8.42 Å². The van der Waals surface area contributed by atoms with E-state index in [4.69, 9.17) is 10.00 Å². The van der Waals surface area contributed by atoms with Crippen LogP contribution in [0.15, 0.2) is 53.4 Å². The molecule has 0 aromatic heterocycles. The molecule has 1 N–H and O–H groups in total. The summed E-state index contributed by atoms with van der Waals surface area (Å²) in [7, 11) is -2.23. The molecule has 0 aliphatic rings. The first-order valence-corrected chi connectivity index (χ1v) is 7.67. The standard InChI is InChI=1S/C15H14N2O3S/c1-20-14-4-2-3-5-15(14)21(18,19)17-11-13-8-6-12(10-16)7-9-13/h2-9,17H,11H2,1H3. The van der Waals surface area contributed by atoms with Gasteiger partial charge in [-0.3, -0.25) is 0 Å². The summed E-state index contributed by atoms with van der Waals surface area (Å²) in [5.41, 5.74) is 1.30. The summed E-state index contributed by atoms with van der Waals surface area (Å²) in [6.45, 7) is 0.145. The highest BCUT2D eigenvalue weighted by atomic mass is 32.2. The van der Waals surface area contributed by atoms with Gasteiger partial charge in [0.05, 0.1) is 18.7 Å². The Morgan fingerprint density at radius 2 is 1.81 bits per heavy atom. The highest BCUT2D eigenvalue weighted by Gasteiger charge is 2.18. The molecule has 0 unspecified atom stereocenters. The first-order chi connectivity index (χ1) is 10.1. The molecule has 5 nitrogen and oxygen atoms in total. The van der Waals surface area contributed by atoms with Crippen molar-refractivity contribution in [2.45, 2.75) is 11.4 Å². The zero-order valence-corrected chi connectivity index (χ0v) is 12.2.